The summed E-state index contributed by atoms with van der Waals surface area (Å²) in [5, 5.41) is 5.33. The number of nitrogens with two attached hydrogens (primary N) is 1. The highest BCUT2D eigenvalue weighted by atomic mass is 16.2. The summed E-state index contributed by atoms with van der Waals surface area (Å²) in [6.07, 6.45) is 0.765. The first-order valence-corrected chi connectivity index (χ1v) is 6.04. The molecule has 0 radical (unpaired) electrons. The van der Waals surface area contributed by atoms with Crippen LogP contribution in [0.15, 0.2) is 24.3 Å². The molecular weight excluding hydrogens is 246 g/mol. The van der Waals surface area contributed by atoms with Gasteiger partial charge in [-0.2, -0.15) is 0 Å². The third kappa shape index (κ3) is 3.09. The SMILES string of the molecule is NC(=O)c1ccccc1NC(=O)C1CCNC(=O)C1. The lowest BCUT2D eigenvalue weighted by Gasteiger charge is -2.21. The van der Waals surface area contributed by atoms with Crippen molar-refractivity contribution in [2.24, 2.45) is 11.7 Å². The van der Waals surface area contributed by atoms with Crippen molar-refractivity contribution in [3.8, 4) is 0 Å². The topological polar surface area (TPSA) is 101 Å². The van der Waals surface area contributed by atoms with Crippen LogP contribution in [0, 0.1) is 5.92 Å². The van der Waals surface area contributed by atoms with Gasteiger partial charge in [-0.25, -0.2) is 0 Å². The highest BCUT2D eigenvalue weighted by molar-refractivity contribution is 6.04. The number of piperidine rings is 1. The van der Waals surface area contributed by atoms with Gasteiger partial charge in [0, 0.05) is 18.9 Å². The fourth-order valence-corrected chi connectivity index (χ4v) is 2.05. The van der Waals surface area contributed by atoms with Crippen LogP contribution in [0.2, 0.25) is 0 Å². The van der Waals surface area contributed by atoms with E-state index in [9.17, 15) is 14.4 Å². The first-order chi connectivity index (χ1) is 9.08. The molecular formula is C13H15N3O3. The molecule has 0 saturated carbocycles. The number of hydrogen-bond acceptors (Lipinski definition) is 3. The van der Waals surface area contributed by atoms with Gasteiger partial charge in [-0.05, 0) is 18.6 Å². The number of para-hydroxylation sites is 1. The van der Waals surface area contributed by atoms with Gasteiger partial charge in [0.15, 0.2) is 0 Å². The standard InChI is InChI=1S/C13H15N3O3/c14-12(18)9-3-1-2-4-10(9)16-13(19)8-5-6-15-11(17)7-8/h1-4,8H,5-7H2,(H2,14,18)(H,15,17)(H,16,19). The second-order valence-electron chi connectivity index (χ2n) is 4.44. The van der Waals surface area contributed by atoms with Crippen molar-refractivity contribution in [3.63, 3.8) is 0 Å². The number of carbonyl (C=O) groups excluding carboxylic acids is 3. The van der Waals surface area contributed by atoms with Crippen molar-refractivity contribution < 1.29 is 14.4 Å². The molecule has 0 spiro atoms. The third-order valence-electron chi connectivity index (χ3n) is 3.07. The largest absolute Gasteiger partial charge is 0.366 e. The molecule has 0 aliphatic carbocycles. The molecule has 100 valence electrons. The van der Waals surface area contributed by atoms with E-state index >= 15 is 0 Å². The Morgan fingerprint density at radius 1 is 1.32 bits per heavy atom. The fraction of sp³-hybridized carbons (Fsp3) is 0.308. The van der Waals surface area contributed by atoms with Crippen LogP contribution in [0.4, 0.5) is 5.69 Å². The van der Waals surface area contributed by atoms with E-state index in [2.05, 4.69) is 10.6 Å². The molecule has 19 heavy (non-hydrogen) atoms. The Morgan fingerprint density at radius 2 is 2.05 bits per heavy atom. The summed E-state index contributed by atoms with van der Waals surface area (Å²) in [6.45, 7) is 0.494. The summed E-state index contributed by atoms with van der Waals surface area (Å²) < 4.78 is 0. The number of nitrogens with one attached hydrogen (secondary N) is 2. The number of benzene rings is 1. The zero-order valence-electron chi connectivity index (χ0n) is 10.3. The van der Waals surface area contributed by atoms with Gasteiger partial charge in [0.25, 0.3) is 5.91 Å². The first-order valence-electron chi connectivity index (χ1n) is 6.04. The molecule has 3 amide bonds. The van der Waals surface area contributed by atoms with E-state index in [0.29, 0.717) is 18.7 Å². The second-order valence-corrected chi connectivity index (χ2v) is 4.44. The van der Waals surface area contributed by atoms with Crippen LogP contribution in [0.25, 0.3) is 0 Å². The van der Waals surface area contributed by atoms with Gasteiger partial charge in [0.1, 0.15) is 0 Å². The Morgan fingerprint density at radius 3 is 2.74 bits per heavy atom. The van der Waals surface area contributed by atoms with E-state index < -0.39 is 5.91 Å². The number of rotatable bonds is 3. The highest BCUT2D eigenvalue weighted by Crippen LogP contribution is 2.19. The number of primary amides is 1. The number of anilines is 1. The molecule has 0 bridgehead atoms. The van der Waals surface area contributed by atoms with Crippen LogP contribution in [0.3, 0.4) is 0 Å². The van der Waals surface area contributed by atoms with Gasteiger partial charge in [0.2, 0.25) is 11.8 Å². The molecule has 1 aliphatic heterocycles. The molecule has 1 unspecified atom stereocenters. The monoisotopic (exact) mass is 261 g/mol. The van der Waals surface area contributed by atoms with E-state index in [-0.39, 0.29) is 29.7 Å². The average Bonchev–Trinajstić information content (AvgIpc) is 2.39. The molecule has 2 rings (SSSR count). The summed E-state index contributed by atoms with van der Waals surface area (Å²) in [5.74, 6) is -1.36. The van der Waals surface area contributed by atoms with Crippen molar-refractivity contribution in [2.75, 3.05) is 11.9 Å². The summed E-state index contributed by atoms with van der Waals surface area (Å²) in [7, 11) is 0. The molecule has 0 aromatic heterocycles. The number of amides is 3. The first kappa shape index (κ1) is 13.1. The highest BCUT2D eigenvalue weighted by Gasteiger charge is 2.26. The lowest BCUT2D eigenvalue weighted by molar-refractivity contribution is -0.129. The lowest BCUT2D eigenvalue weighted by Crippen LogP contribution is -2.38. The van der Waals surface area contributed by atoms with Crippen molar-refractivity contribution >= 4 is 23.4 Å². The molecule has 1 aromatic carbocycles. The maximum atomic E-state index is 12.0. The van der Waals surface area contributed by atoms with Gasteiger partial charge >= 0.3 is 0 Å². The number of carbonyl (C=O) groups is 3. The minimum Gasteiger partial charge on any atom is -0.366 e. The molecule has 1 aromatic rings. The van der Waals surface area contributed by atoms with Crippen molar-refractivity contribution in [3.05, 3.63) is 29.8 Å². The van der Waals surface area contributed by atoms with Crippen molar-refractivity contribution in [1.29, 1.82) is 0 Å². The second kappa shape index (κ2) is 5.51. The van der Waals surface area contributed by atoms with Crippen LogP contribution in [-0.4, -0.2) is 24.3 Å². The molecule has 1 heterocycles. The molecule has 1 aliphatic rings. The molecule has 6 heteroatoms. The Hall–Kier alpha value is -2.37. The summed E-state index contributed by atoms with van der Waals surface area (Å²) in [4.78, 5) is 34.5. The van der Waals surface area contributed by atoms with E-state index in [4.69, 9.17) is 5.73 Å². The number of hydrogen-bond donors (Lipinski definition) is 3. The zero-order valence-corrected chi connectivity index (χ0v) is 10.3. The zero-order chi connectivity index (χ0) is 13.8. The van der Waals surface area contributed by atoms with Crippen molar-refractivity contribution in [1.82, 2.24) is 5.32 Å². The Balaban J connectivity index is 2.10. The van der Waals surface area contributed by atoms with E-state index in [1.165, 1.54) is 0 Å². The molecule has 1 saturated heterocycles. The van der Waals surface area contributed by atoms with Crippen LogP contribution < -0.4 is 16.4 Å². The average molecular weight is 261 g/mol. The van der Waals surface area contributed by atoms with E-state index in [1.807, 2.05) is 0 Å². The minimum absolute atomic E-state index is 0.130. The van der Waals surface area contributed by atoms with E-state index in [1.54, 1.807) is 24.3 Å². The van der Waals surface area contributed by atoms with Gasteiger partial charge in [-0.3, -0.25) is 14.4 Å². The van der Waals surface area contributed by atoms with Gasteiger partial charge < -0.3 is 16.4 Å². The minimum atomic E-state index is -0.600. The Kier molecular flexibility index (Phi) is 3.79. The molecule has 1 atom stereocenters. The summed E-state index contributed by atoms with van der Waals surface area (Å²) in [5.41, 5.74) is 5.88. The maximum Gasteiger partial charge on any atom is 0.250 e. The van der Waals surface area contributed by atoms with Crippen LogP contribution >= 0.6 is 0 Å². The normalized spacial score (nSPS) is 18.5. The third-order valence-corrected chi connectivity index (χ3v) is 3.07. The maximum absolute atomic E-state index is 12.0. The van der Waals surface area contributed by atoms with Crippen LogP contribution in [-0.2, 0) is 9.59 Å². The Bertz CT molecular complexity index is 528. The lowest BCUT2D eigenvalue weighted by atomic mass is 9.96. The summed E-state index contributed by atoms with van der Waals surface area (Å²) in [6, 6.07) is 6.53. The van der Waals surface area contributed by atoms with Crippen LogP contribution in [0.5, 0.6) is 0 Å². The molecule has 6 nitrogen and oxygen atoms in total. The quantitative estimate of drug-likeness (QED) is 0.726. The van der Waals surface area contributed by atoms with Crippen LogP contribution in [0.1, 0.15) is 23.2 Å². The van der Waals surface area contributed by atoms with Gasteiger partial charge in [0.05, 0.1) is 11.3 Å². The Labute approximate surface area is 110 Å². The van der Waals surface area contributed by atoms with Gasteiger partial charge in [-0.1, -0.05) is 12.1 Å². The predicted molar refractivity (Wildman–Crippen MR) is 69.3 cm³/mol. The molecule has 1 fully saturated rings. The molecule has 4 N–H and O–H groups in total. The fourth-order valence-electron chi connectivity index (χ4n) is 2.05. The van der Waals surface area contributed by atoms with E-state index in [0.717, 1.165) is 0 Å². The van der Waals surface area contributed by atoms with Crippen molar-refractivity contribution in [2.45, 2.75) is 12.8 Å². The van der Waals surface area contributed by atoms with Gasteiger partial charge in [-0.15, -0.1) is 0 Å². The summed E-state index contributed by atoms with van der Waals surface area (Å²) >= 11 is 0. The smallest absolute Gasteiger partial charge is 0.250 e. The predicted octanol–water partition coefficient (Wildman–Crippen LogP) is 0.250.